The molecule has 19 heavy (non-hydrogen) atoms. The fourth-order valence-electron chi connectivity index (χ4n) is 1.91. The van der Waals surface area contributed by atoms with Crippen LogP contribution in [0.4, 0.5) is 0 Å². The Balaban J connectivity index is 2.46. The molecular formula is C13H17N3O2S. The van der Waals surface area contributed by atoms with Crippen molar-refractivity contribution < 1.29 is 9.47 Å². The number of aryl methyl sites for hydroxylation is 1. The number of thiazole rings is 1. The molecule has 0 fully saturated rings. The number of benzene rings is 1. The predicted molar refractivity (Wildman–Crippen MR) is 75.6 cm³/mol. The van der Waals surface area contributed by atoms with E-state index in [1.54, 1.807) is 25.6 Å². The molecule has 6 heteroatoms. The Bertz CT molecular complexity index is 534. The Morgan fingerprint density at radius 2 is 1.84 bits per heavy atom. The molecule has 2 aromatic rings. The van der Waals surface area contributed by atoms with Crippen LogP contribution in [0.5, 0.6) is 11.5 Å². The lowest BCUT2D eigenvalue weighted by Crippen LogP contribution is -2.28. The van der Waals surface area contributed by atoms with Crippen LogP contribution >= 0.6 is 11.3 Å². The number of nitrogens with one attached hydrogen (secondary N) is 1. The van der Waals surface area contributed by atoms with Gasteiger partial charge >= 0.3 is 0 Å². The second-order valence-corrected chi connectivity index (χ2v) is 4.93. The molecule has 5 nitrogen and oxygen atoms in total. The summed E-state index contributed by atoms with van der Waals surface area (Å²) in [5, 5.41) is 0. The van der Waals surface area contributed by atoms with E-state index in [2.05, 4.69) is 10.4 Å². The van der Waals surface area contributed by atoms with E-state index in [9.17, 15) is 0 Å². The van der Waals surface area contributed by atoms with E-state index in [1.807, 2.05) is 30.6 Å². The second-order valence-electron chi connectivity index (χ2n) is 4.05. The molecule has 0 spiro atoms. The quantitative estimate of drug-likeness (QED) is 0.647. The first kappa shape index (κ1) is 13.8. The van der Waals surface area contributed by atoms with E-state index in [1.165, 1.54) is 0 Å². The first-order valence-electron chi connectivity index (χ1n) is 5.78. The van der Waals surface area contributed by atoms with Crippen LogP contribution in [-0.2, 0) is 0 Å². The molecular weight excluding hydrogens is 262 g/mol. The molecule has 0 radical (unpaired) electrons. The number of rotatable bonds is 5. The topological polar surface area (TPSA) is 69.4 Å². The Morgan fingerprint density at radius 3 is 2.26 bits per heavy atom. The molecule has 1 heterocycles. The lowest BCUT2D eigenvalue weighted by Gasteiger charge is -2.17. The van der Waals surface area contributed by atoms with Crippen LogP contribution in [0.15, 0.2) is 23.7 Å². The van der Waals surface area contributed by atoms with Crippen molar-refractivity contribution in [3.05, 3.63) is 39.8 Å². The summed E-state index contributed by atoms with van der Waals surface area (Å²) in [6, 6.07) is 5.58. The first-order valence-corrected chi connectivity index (χ1v) is 6.66. The van der Waals surface area contributed by atoms with Gasteiger partial charge in [0.1, 0.15) is 11.5 Å². The normalized spacial score (nSPS) is 12.2. The van der Waals surface area contributed by atoms with Gasteiger partial charge in [-0.15, -0.1) is 11.3 Å². The molecule has 1 aromatic heterocycles. The Hall–Kier alpha value is -1.63. The molecule has 3 N–H and O–H groups in total. The van der Waals surface area contributed by atoms with Gasteiger partial charge in [-0.05, 0) is 24.6 Å². The first-order chi connectivity index (χ1) is 9.19. The Labute approximate surface area is 116 Å². The van der Waals surface area contributed by atoms with Gasteiger partial charge < -0.3 is 9.47 Å². The average Bonchev–Trinajstić information content (AvgIpc) is 2.85. The maximum atomic E-state index is 5.70. The Morgan fingerprint density at radius 1 is 1.21 bits per heavy atom. The van der Waals surface area contributed by atoms with Gasteiger partial charge in [-0.2, -0.15) is 0 Å². The van der Waals surface area contributed by atoms with E-state index in [4.69, 9.17) is 15.3 Å². The molecule has 1 atom stereocenters. The fraction of sp³-hybridized carbons (Fsp3) is 0.308. The van der Waals surface area contributed by atoms with Gasteiger partial charge in [0.2, 0.25) is 0 Å². The fourth-order valence-corrected chi connectivity index (χ4v) is 2.80. The lowest BCUT2D eigenvalue weighted by atomic mass is 10.0. The van der Waals surface area contributed by atoms with E-state index < -0.39 is 0 Å². The molecule has 0 saturated heterocycles. The molecule has 102 valence electrons. The number of hydrazine groups is 1. The standard InChI is InChI=1S/C13H17N3O2S/c1-8-13(19-7-15-8)12(16-14)9-4-10(17-2)6-11(5-9)18-3/h4-7,12,16H,14H2,1-3H3. The molecule has 0 bridgehead atoms. The second kappa shape index (κ2) is 6.01. The van der Waals surface area contributed by atoms with Gasteiger partial charge in [0.25, 0.3) is 0 Å². The summed E-state index contributed by atoms with van der Waals surface area (Å²) in [7, 11) is 3.25. The number of nitrogens with zero attached hydrogens (tertiary/aromatic N) is 1. The van der Waals surface area contributed by atoms with Crippen LogP contribution in [0.25, 0.3) is 0 Å². The third-order valence-electron chi connectivity index (χ3n) is 2.92. The van der Waals surface area contributed by atoms with E-state index >= 15 is 0 Å². The zero-order valence-corrected chi connectivity index (χ0v) is 12.0. The maximum Gasteiger partial charge on any atom is 0.122 e. The monoisotopic (exact) mass is 279 g/mol. The SMILES string of the molecule is COc1cc(OC)cc(C(NN)c2scnc2C)c1. The Kier molecular flexibility index (Phi) is 4.36. The van der Waals surface area contributed by atoms with Crippen LogP contribution in [0.1, 0.15) is 22.2 Å². The lowest BCUT2D eigenvalue weighted by molar-refractivity contribution is 0.392. The van der Waals surface area contributed by atoms with Crippen LogP contribution in [0, 0.1) is 6.92 Å². The molecule has 0 aliphatic carbocycles. The highest BCUT2D eigenvalue weighted by atomic mass is 32.1. The summed E-state index contributed by atoms with van der Waals surface area (Å²) >= 11 is 1.57. The van der Waals surface area contributed by atoms with Crippen LogP contribution in [0.2, 0.25) is 0 Å². The van der Waals surface area contributed by atoms with Crippen molar-refractivity contribution in [1.82, 2.24) is 10.4 Å². The summed E-state index contributed by atoms with van der Waals surface area (Å²) < 4.78 is 10.6. The van der Waals surface area contributed by atoms with Crippen molar-refractivity contribution in [2.24, 2.45) is 5.84 Å². The van der Waals surface area contributed by atoms with Gasteiger partial charge in [0.05, 0.1) is 36.3 Å². The molecule has 0 amide bonds. The van der Waals surface area contributed by atoms with E-state index in [-0.39, 0.29) is 6.04 Å². The largest absolute Gasteiger partial charge is 0.497 e. The van der Waals surface area contributed by atoms with E-state index in [0.29, 0.717) is 0 Å². The van der Waals surface area contributed by atoms with E-state index in [0.717, 1.165) is 27.6 Å². The summed E-state index contributed by atoms with van der Waals surface area (Å²) in [6.45, 7) is 1.97. The smallest absolute Gasteiger partial charge is 0.122 e. The van der Waals surface area contributed by atoms with Gasteiger partial charge in [-0.3, -0.25) is 5.84 Å². The van der Waals surface area contributed by atoms with Crippen molar-refractivity contribution in [3.63, 3.8) is 0 Å². The summed E-state index contributed by atoms with van der Waals surface area (Å²) in [4.78, 5) is 5.34. The van der Waals surface area contributed by atoms with Gasteiger partial charge in [0, 0.05) is 6.07 Å². The van der Waals surface area contributed by atoms with Crippen molar-refractivity contribution in [3.8, 4) is 11.5 Å². The van der Waals surface area contributed by atoms with Crippen molar-refractivity contribution in [2.45, 2.75) is 13.0 Å². The minimum Gasteiger partial charge on any atom is -0.497 e. The van der Waals surface area contributed by atoms with Crippen LogP contribution < -0.4 is 20.7 Å². The van der Waals surface area contributed by atoms with Gasteiger partial charge in [0.15, 0.2) is 0 Å². The summed E-state index contributed by atoms with van der Waals surface area (Å²) in [6.07, 6.45) is 0. The molecule has 0 saturated carbocycles. The number of hydrogen-bond acceptors (Lipinski definition) is 6. The molecule has 1 aromatic carbocycles. The minimum atomic E-state index is -0.128. The van der Waals surface area contributed by atoms with Crippen molar-refractivity contribution >= 4 is 11.3 Å². The third-order valence-corrected chi connectivity index (χ3v) is 3.91. The number of ether oxygens (including phenoxy) is 2. The number of hydrogen-bond donors (Lipinski definition) is 2. The predicted octanol–water partition coefficient (Wildman–Crippen LogP) is 2.02. The molecule has 2 rings (SSSR count). The highest BCUT2D eigenvalue weighted by molar-refractivity contribution is 7.09. The number of methoxy groups -OCH3 is 2. The number of nitrogens with two attached hydrogens (primary N) is 1. The summed E-state index contributed by atoms with van der Waals surface area (Å²) in [5.74, 6) is 7.16. The third kappa shape index (κ3) is 2.86. The van der Waals surface area contributed by atoms with Crippen molar-refractivity contribution in [1.29, 1.82) is 0 Å². The average molecular weight is 279 g/mol. The zero-order valence-electron chi connectivity index (χ0n) is 11.1. The zero-order chi connectivity index (χ0) is 13.8. The highest BCUT2D eigenvalue weighted by Gasteiger charge is 2.18. The molecule has 0 aliphatic heterocycles. The van der Waals surface area contributed by atoms with Crippen molar-refractivity contribution in [2.75, 3.05) is 14.2 Å². The maximum absolute atomic E-state index is 5.70. The molecule has 1 unspecified atom stereocenters. The highest BCUT2D eigenvalue weighted by Crippen LogP contribution is 2.32. The minimum absolute atomic E-state index is 0.128. The van der Waals surface area contributed by atoms with Crippen LogP contribution in [0.3, 0.4) is 0 Å². The molecule has 0 aliphatic rings. The summed E-state index contributed by atoms with van der Waals surface area (Å²) in [5.41, 5.74) is 6.58. The van der Waals surface area contributed by atoms with Crippen LogP contribution in [-0.4, -0.2) is 19.2 Å². The van der Waals surface area contributed by atoms with Gasteiger partial charge in [-0.1, -0.05) is 0 Å². The van der Waals surface area contributed by atoms with Gasteiger partial charge in [-0.25, -0.2) is 10.4 Å². The number of aromatic nitrogens is 1.